The van der Waals surface area contributed by atoms with Crippen LogP contribution in [0.3, 0.4) is 0 Å². The molecule has 1 heterocycles. The number of fused-ring (bicyclic) bond motifs is 1. The molecule has 5 nitrogen and oxygen atoms in total. The molecular formula is C16H16N2O3. The van der Waals surface area contributed by atoms with Crippen LogP contribution in [-0.2, 0) is 0 Å². The van der Waals surface area contributed by atoms with Crippen LogP contribution in [0.4, 0.5) is 11.4 Å². The van der Waals surface area contributed by atoms with Gasteiger partial charge in [-0.05, 0) is 24.6 Å². The van der Waals surface area contributed by atoms with Crippen LogP contribution < -0.4 is 10.1 Å². The quantitative estimate of drug-likeness (QED) is 0.687. The standard InChI is InChI=1S/C16H16N2O3/c1-11-10-12(18(19)20)6-7-14(11)17-15-8-9-21-16-5-3-2-4-13(15)16/h2-7,10,15,17H,8-9H2,1H3. The first-order valence-corrected chi connectivity index (χ1v) is 6.88. The molecular weight excluding hydrogens is 268 g/mol. The summed E-state index contributed by atoms with van der Waals surface area (Å²) in [6.07, 6.45) is 0.868. The molecule has 0 saturated carbocycles. The molecule has 0 aliphatic carbocycles. The van der Waals surface area contributed by atoms with Gasteiger partial charge in [0.2, 0.25) is 0 Å². The van der Waals surface area contributed by atoms with Crippen molar-refractivity contribution in [2.45, 2.75) is 19.4 Å². The molecule has 2 aromatic carbocycles. The van der Waals surface area contributed by atoms with Crippen molar-refractivity contribution >= 4 is 11.4 Å². The van der Waals surface area contributed by atoms with Gasteiger partial charge in [0.15, 0.2) is 0 Å². The van der Waals surface area contributed by atoms with Gasteiger partial charge in [0.05, 0.1) is 17.6 Å². The second kappa shape index (κ2) is 5.44. The summed E-state index contributed by atoms with van der Waals surface area (Å²) in [4.78, 5) is 10.4. The largest absolute Gasteiger partial charge is 0.493 e. The van der Waals surface area contributed by atoms with E-state index in [-0.39, 0.29) is 16.7 Å². The van der Waals surface area contributed by atoms with Crippen molar-refractivity contribution in [2.75, 3.05) is 11.9 Å². The van der Waals surface area contributed by atoms with Gasteiger partial charge in [0.1, 0.15) is 5.75 Å². The lowest BCUT2D eigenvalue weighted by Crippen LogP contribution is -2.20. The predicted octanol–water partition coefficient (Wildman–Crippen LogP) is 3.84. The Labute approximate surface area is 122 Å². The van der Waals surface area contributed by atoms with Gasteiger partial charge >= 0.3 is 0 Å². The lowest BCUT2D eigenvalue weighted by molar-refractivity contribution is -0.384. The number of benzene rings is 2. The minimum atomic E-state index is -0.374. The molecule has 0 spiro atoms. The molecule has 0 amide bonds. The molecule has 1 N–H and O–H groups in total. The zero-order chi connectivity index (χ0) is 14.8. The SMILES string of the molecule is Cc1cc([N+](=O)[O-])ccc1NC1CCOc2ccccc21. The summed E-state index contributed by atoms with van der Waals surface area (Å²) in [7, 11) is 0. The highest BCUT2D eigenvalue weighted by Gasteiger charge is 2.21. The normalized spacial score (nSPS) is 16.7. The molecule has 0 bridgehead atoms. The van der Waals surface area contributed by atoms with Crippen molar-refractivity contribution in [1.82, 2.24) is 0 Å². The zero-order valence-corrected chi connectivity index (χ0v) is 11.7. The molecule has 108 valence electrons. The Morgan fingerprint density at radius 3 is 2.86 bits per heavy atom. The first kappa shape index (κ1) is 13.4. The highest BCUT2D eigenvalue weighted by atomic mass is 16.6. The fraction of sp³-hybridized carbons (Fsp3) is 0.250. The van der Waals surface area contributed by atoms with Crippen molar-refractivity contribution in [2.24, 2.45) is 0 Å². The topological polar surface area (TPSA) is 64.4 Å². The Kier molecular flexibility index (Phi) is 3.48. The number of anilines is 1. The van der Waals surface area contributed by atoms with Crippen LogP contribution in [0.5, 0.6) is 5.75 Å². The van der Waals surface area contributed by atoms with Crippen LogP contribution in [0.25, 0.3) is 0 Å². The van der Waals surface area contributed by atoms with Gasteiger partial charge in [0.25, 0.3) is 5.69 Å². The fourth-order valence-electron chi connectivity index (χ4n) is 2.60. The Bertz CT molecular complexity index is 685. The van der Waals surface area contributed by atoms with Crippen molar-refractivity contribution in [1.29, 1.82) is 0 Å². The van der Waals surface area contributed by atoms with Crippen molar-refractivity contribution in [3.05, 3.63) is 63.7 Å². The van der Waals surface area contributed by atoms with E-state index >= 15 is 0 Å². The maximum Gasteiger partial charge on any atom is 0.269 e. The molecule has 5 heteroatoms. The van der Waals surface area contributed by atoms with Crippen molar-refractivity contribution in [3.63, 3.8) is 0 Å². The van der Waals surface area contributed by atoms with Gasteiger partial charge in [-0.25, -0.2) is 0 Å². The fourth-order valence-corrected chi connectivity index (χ4v) is 2.60. The number of hydrogen-bond donors (Lipinski definition) is 1. The molecule has 21 heavy (non-hydrogen) atoms. The van der Waals surface area contributed by atoms with Gasteiger partial charge < -0.3 is 10.1 Å². The summed E-state index contributed by atoms with van der Waals surface area (Å²) < 4.78 is 5.64. The van der Waals surface area contributed by atoms with E-state index in [1.807, 2.05) is 31.2 Å². The molecule has 0 saturated heterocycles. The first-order chi connectivity index (χ1) is 10.1. The summed E-state index contributed by atoms with van der Waals surface area (Å²) in [6.45, 7) is 2.54. The minimum absolute atomic E-state index is 0.116. The monoisotopic (exact) mass is 284 g/mol. The summed E-state index contributed by atoms with van der Waals surface area (Å²) in [5, 5.41) is 14.3. The number of nitro groups is 1. The molecule has 0 fully saturated rings. The van der Waals surface area contributed by atoms with Gasteiger partial charge in [-0.15, -0.1) is 0 Å². The number of ether oxygens (including phenoxy) is 1. The van der Waals surface area contributed by atoms with E-state index in [9.17, 15) is 10.1 Å². The van der Waals surface area contributed by atoms with Crippen LogP contribution in [-0.4, -0.2) is 11.5 Å². The maximum atomic E-state index is 10.8. The van der Waals surface area contributed by atoms with E-state index in [4.69, 9.17) is 4.74 Å². The minimum Gasteiger partial charge on any atom is -0.493 e. The van der Waals surface area contributed by atoms with E-state index in [0.717, 1.165) is 29.0 Å². The molecule has 1 unspecified atom stereocenters. The summed E-state index contributed by atoms with van der Waals surface area (Å²) in [5.41, 5.74) is 3.03. The number of nitro benzene ring substituents is 1. The Hall–Kier alpha value is -2.56. The van der Waals surface area contributed by atoms with Gasteiger partial charge in [-0.1, -0.05) is 18.2 Å². The van der Waals surface area contributed by atoms with Gasteiger partial charge in [0, 0.05) is 29.8 Å². The average Bonchev–Trinajstić information content (AvgIpc) is 2.49. The lowest BCUT2D eigenvalue weighted by Gasteiger charge is -2.28. The van der Waals surface area contributed by atoms with E-state index in [1.165, 1.54) is 6.07 Å². The van der Waals surface area contributed by atoms with Crippen LogP contribution in [0.1, 0.15) is 23.6 Å². The van der Waals surface area contributed by atoms with Gasteiger partial charge in [-0.2, -0.15) is 0 Å². The predicted molar refractivity (Wildman–Crippen MR) is 80.8 cm³/mol. The van der Waals surface area contributed by atoms with E-state index < -0.39 is 0 Å². The molecule has 1 aliphatic heterocycles. The smallest absolute Gasteiger partial charge is 0.269 e. The van der Waals surface area contributed by atoms with Crippen molar-refractivity contribution < 1.29 is 9.66 Å². The molecule has 1 aliphatic rings. The van der Waals surface area contributed by atoms with Gasteiger partial charge in [-0.3, -0.25) is 10.1 Å². The number of nitrogens with one attached hydrogen (secondary N) is 1. The highest BCUT2D eigenvalue weighted by molar-refractivity contribution is 5.57. The number of non-ortho nitro benzene ring substituents is 1. The second-order valence-corrected chi connectivity index (χ2v) is 5.13. The van der Waals surface area contributed by atoms with Crippen LogP contribution in [0.15, 0.2) is 42.5 Å². The van der Waals surface area contributed by atoms with E-state index in [2.05, 4.69) is 5.32 Å². The molecule has 2 aromatic rings. The number of aryl methyl sites for hydroxylation is 1. The third-order valence-corrected chi connectivity index (χ3v) is 3.71. The summed E-state index contributed by atoms with van der Waals surface area (Å²) >= 11 is 0. The lowest BCUT2D eigenvalue weighted by atomic mass is 10.00. The number of nitrogens with zero attached hydrogens (tertiary/aromatic N) is 1. The second-order valence-electron chi connectivity index (χ2n) is 5.13. The van der Waals surface area contributed by atoms with Crippen LogP contribution in [0.2, 0.25) is 0 Å². The van der Waals surface area contributed by atoms with Crippen molar-refractivity contribution in [3.8, 4) is 5.75 Å². The number of hydrogen-bond acceptors (Lipinski definition) is 4. The number of para-hydroxylation sites is 1. The van der Waals surface area contributed by atoms with E-state index in [0.29, 0.717) is 6.61 Å². The highest BCUT2D eigenvalue weighted by Crippen LogP contribution is 2.35. The average molecular weight is 284 g/mol. The summed E-state index contributed by atoms with van der Waals surface area (Å²) in [5.74, 6) is 0.904. The third-order valence-electron chi connectivity index (χ3n) is 3.71. The Balaban J connectivity index is 1.86. The van der Waals surface area contributed by atoms with Crippen LogP contribution in [0, 0.1) is 17.0 Å². The third kappa shape index (κ3) is 2.67. The molecule has 1 atom stereocenters. The number of rotatable bonds is 3. The molecule has 0 aromatic heterocycles. The Morgan fingerprint density at radius 1 is 1.29 bits per heavy atom. The summed E-state index contributed by atoms with van der Waals surface area (Å²) in [6, 6.07) is 13.0. The van der Waals surface area contributed by atoms with Crippen LogP contribution >= 0.6 is 0 Å². The Morgan fingerprint density at radius 2 is 2.10 bits per heavy atom. The maximum absolute atomic E-state index is 10.8. The molecule has 3 rings (SSSR count). The molecule has 0 radical (unpaired) electrons. The first-order valence-electron chi connectivity index (χ1n) is 6.88. The zero-order valence-electron chi connectivity index (χ0n) is 11.7. The van der Waals surface area contributed by atoms with E-state index in [1.54, 1.807) is 12.1 Å².